The van der Waals surface area contributed by atoms with Gasteiger partial charge in [0, 0.05) is 29.3 Å². The second-order valence-electron chi connectivity index (χ2n) is 7.78. The van der Waals surface area contributed by atoms with Gasteiger partial charge >= 0.3 is 0 Å². The average Bonchev–Trinajstić information content (AvgIpc) is 2.81. The van der Waals surface area contributed by atoms with Gasteiger partial charge in [-0.25, -0.2) is 15.0 Å². The Labute approximate surface area is 197 Å². The van der Waals surface area contributed by atoms with Crippen LogP contribution in [-0.4, -0.2) is 34.1 Å². The number of ether oxygens (including phenoxy) is 1. The number of aliphatic imine (C=N–C) groups is 2. The van der Waals surface area contributed by atoms with E-state index in [4.69, 9.17) is 10.5 Å². The first kappa shape index (κ1) is 22.7. The molecule has 3 aromatic rings. The summed E-state index contributed by atoms with van der Waals surface area (Å²) in [5, 5.41) is 6.87. The van der Waals surface area contributed by atoms with Crippen LogP contribution in [0.1, 0.15) is 18.9 Å². The molecule has 0 bridgehead atoms. The fraction of sp³-hybridized carbons (Fsp3) is 0.160. The van der Waals surface area contributed by atoms with Gasteiger partial charge in [-0.15, -0.1) is 0 Å². The number of nitrogens with zero attached hydrogens (tertiary/aromatic N) is 4. The Morgan fingerprint density at radius 3 is 2.82 bits per heavy atom. The molecule has 0 spiro atoms. The van der Waals surface area contributed by atoms with Gasteiger partial charge in [-0.1, -0.05) is 6.58 Å². The lowest BCUT2D eigenvalue weighted by Gasteiger charge is -2.18. The number of nitrogens with two attached hydrogens (primary N) is 1. The fourth-order valence-electron chi connectivity index (χ4n) is 3.57. The lowest BCUT2D eigenvalue weighted by atomic mass is 10.1. The van der Waals surface area contributed by atoms with Crippen LogP contribution in [0.4, 0.5) is 17.2 Å². The molecule has 172 valence electrons. The van der Waals surface area contributed by atoms with E-state index in [1.807, 2.05) is 44.2 Å². The number of rotatable bonds is 6. The van der Waals surface area contributed by atoms with Gasteiger partial charge in [0.15, 0.2) is 5.84 Å². The zero-order valence-corrected chi connectivity index (χ0v) is 18.9. The Morgan fingerprint density at radius 1 is 1.24 bits per heavy atom. The number of amidine groups is 1. The second kappa shape index (κ2) is 9.95. The summed E-state index contributed by atoms with van der Waals surface area (Å²) < 4.78 is 6.14. The molecule has 2 aromatic carbocycles. The monoisotopic (exact) mass is 455 g/mol. The van der Waals surface area contributed by atoms with E-state index >= 15 is 0 Å². The van der Waals surface area contributed by atoms with Gasteiger partial charge in [-0.2, -0.15) is 0 Å². The summed E-state index contributed by atoms with van der Waals surface area (Å²) in [4.78, 5) is 28.9. The van der Waals surface area contributed by atoms with Crippen LogP contribution in [0.15, 0.2) is 77.2 Å². The lowest BCUT2D eigenvalue weighted by Crippen LogP contribution is -2.14. The van der Waals surface area contributed by atoms with Gasteiger partial charge in [0.05, 0.1) is 17.9 Å². The minimum absolute atomic E-state index is 0.0622. The van der Waals surface area contributed by atoms with Gasteiger partial charge in [-0.3, -0.25) is 9.79 Å². The molecule has 0 aliphatic carbocycles. The van der Waals surface area contributed by atoms with Gasteiger partial charge in [0.1, 0.15) is 23.7 Å². The summed E-state index contributed by atoms with van der Waals surface area (Å²) in [6.07, 6.45) is 6.42. The zero-order chi connectivity index (χ0) is 24.1. The largest absolute Gasteiger partial charge is 0.461 e. The van der Waals surface area contributed by atoms with Crippen molar-refractivity contribution in [2.24, 2.45) is 15.7 Å². The maximum Gasteiger partial charge on any atom is 0.247 e. The number of fused-ring (bicyclic) bond motifs is 1. The first-order chi connectivity index (χ1) is 16.4. The third-order valence-electron chi connectivity index (χ3n) is 5.11. The second-order valence-corrected chi connectivity index (χ2v) is 7.78. The Balaban J connectivity index is 1.56. The lowest BCUT2D eigenvalue weighted by molar-refractivity contribution is -0.111. The van der Waals surface area contributed by atoms with Gasteiger partial charge < -0.3 is 21.1 Å². The Kier molecular flexibility index (Phi) is 6.63. The maximum atomic E-state index is 11.7. The van der Waals surface area contributed by atoms with Gasteiger partial charge in [0.25, 0.3) is 0 Å². The number of hydrogen-bond acceptors (Lipinski definition) is 7. The van der Waals surface area contributed by atoms with E-state index in [1.165, 1.54) is 18.7 Å². The quantitative estimate of drug-likeness (QED) is 0.290. The molecule has 0 saturated heterocycles. The highest BCUT2D eigenvalue weighted by atomic mass is 16.5. The number of carbonyl (C=O) groups excluding carboxylic acids is 1. The highest BCUT2D eigenvalue weighted by molar-refractivity contribution is 6.01. The zero-order valence-electron chi connectivity index (χ0n) is 18.9. The molecule has 1 amide bonds. The molecule has 1 unspecified atom stereocenters. The topological polar surface area (TPSA) is 127 Å². The van der Waals surface area contributed by atoms with E-state index in [9.17, 15) is 4.79 Å². The predicted octanol–water partition coefficient (Wildman–Crippen LogP) is 4.25. The molecular weight excluding hydrogens is 430 g/mol. The van der Waals surface area contributed by atoms with Crippen LogP contribution in [0.3, 0.4) is 0 Å². The molecule has 2 heterocycles. The number of dihydropyridines is 1. The minimum atomic E-state index is -0.285. The van der Waals surface area contributed by atoms with Crippen LogP contribution in [0.5, 0.6) is 5.75 Å². The van der Waals surface area contributed by atoms with Crippen LogP contribution in [-0.2, 0) is 4.79 Å². The summed E-state index contributed by atoms with van der Waals surface area (Å²) in [7, 11) is 0. The molecule has 4 rings (SSSR count). The summed E-state index contributed by atoms with van der Waals surface area (Å²) in [6, 6.07) is 11.3. The Morgan fingerprint density at radius 2 is 2.06 bits per heavy atom. The number of aromatic nitrogens is 2. The fourth-order valence-corrected chi connectivity index (χ4v) is 3.57. The van der Waals surface area contributed by atoms with Crippen molar-refractivity contribution >= 4 is 46.2 Å². The molecule has 9 heteroatoms. The van der Waals surface area contributed by atoms with Crippen LogP contribution in [0.25, 0.3) is 10.9 Å². The minimum Gasteiger partial charge on any atom is -0.461 e. The number of amides is 1. The normalized spacial score (nSPS) is 15.5. The molecule has 4 N–H and O–H groups in total. The molecule has 9 nitrogen and oxygen atoms in total. The highest BCUT2D eigenvalue weighted by Crippen LogP contribution is 2.30. The van der Waals surface area contributed by atoms with E-state index in [0.717, 1.165) is 33.7 Å². The van der Waals surface area contributed by atoms with Crippen LogP contribution >= 0.6 is 0 Å². The smallest absolute Gasteiger partial charge is 0.247 e. The first-order valence-corrected chi connectivity index (χ1v) is 10.7. The number of benzene rings is 2. The molecule has 34 heavy (non-hydrogen) atoms. The molecule has 0 radical (unpaired) electrons. The van der Waals surface area contributed by atoms with Crippen molar-refractivity contribution in [1.82, 2.24) is 9.97 Å². The van der Waals surface area contributed by atoms with Crippen molar-refractivity contribution in [2.45, 2.75) is 26.3 Å². The summed E-state index contributed by atoms with van der Waals surface area (Å²) in [6.45, 7) is 7.46. The average molecular weight is 456 g/mol. The Bertz CT molecular complexity index is 1340. The number of hydrogen-bond donors (Lipinski definition) is 3. The third kappa shape index (κ3) is 5.26. The molecule has 1 aliphatic heterocycles. The van der Waals surface area contributed by atoms with Crippen LogP contribution < -0.4 is 21.1 Å². The first-order valence-electron chi connectivity index (χ1n) is 10.7. The van der Waals surface area contributed by atoms with E-state index in [0.29, 0.717) is 23.8 Å². The molecular formula is C25H25N7O2. The molecule has 1 aliphatic rings. The molecule has 0 fully saturated rings. The van der Waals surface area contributed by atoms with Crippen LogP contribution in [0, 0.1) is 6.92 Å². The molecule has 0 saturated carbocycles. The highest BCUT2D eigenvalue weighted by Gasteiger charge is 2.15. The van der Waals surface area contributed by atoms with Crippen molar-refractivity contribution in [3.63, 3.8) is 0 Å². The summed E-state index contributed by atoms with van der Waals surface area (Å²) >= 11 is 0. The SMILES string of the molecule is C=CC(=O)Nc1ccc2ncnc(Nc3ccc(OC4=CC(N=CN)=NC(C)C4)c(C)c3)c2c1. The van der Waals surface area contributed by atoms with E-state index in [1.54, 1.807) is 12.1 Å². The maximum absolute atomic E-state index is 11.7. The van der Waals surface area contributed by atoms with Gasteiger partial charge in [-0.05, 0) is 61.9 Å². The number of aryl methyl sites for hydroxylation is 1. The van der Waals surface area contributed by atoms with Gasteiger partial charge in [0.2, 0.25) is 5.91 Å². The summed E-state index contributed by atoms with van der Waals surface area (Å²) in [5.41, 5.74) is 8.57. The third-order valence-corrected chi connectivity index (χ3v) is 5.11. The van der Waals surface area contributed by atoms with Crippen molar-refractivity contribution in [2.75, 3.05) is 10.6 Å². The molecule has 1 atom stereocenters. The standard InChI is InChI=1S/C25H25N7O2/c1-4-24(33)31-18-5-7-21-20(11-18)25(29-14-28-21)32-17-6-8-22(15(2)9-17)34-19-10-16(3)30-23(12-19)27-13-26/h4-9,11-14,16H,1,10H2,2-3H3,(H,31,33)(H2,26,27,30)(H,28,29,32). The van der Waals surface area contributed by atoms with E-state index in [2.05, 4.69) is 37.2 Å². The van der Waals surface area contributed by atoms with Crippen molar-refractivity contribution in [3.05, 3.63) is 72.8 Å². The van der Waals surface area contributed by atoms with E-state index < -0.39 is 0 Å². The number of nitrogens with one attached hydrogen (secondary N) is 2. The number of carbonyl (C=O) groups is 1. The molecule has 1 aromatic heterocycles. The number of anilines is 3. The Hall–Kier alpha value is -4.53. The summed E-state index contributed by atoms with van der Waals surface area (Å²) in [5.74, 6) is 2.41. The van der Waals surface area contributed by atoms with E-state index in [-0.39, 0.29) is 11.9 Å². The van der Waals surface area contributed by atoms with Crippen molar-refractivity contribution < 1.29 is 9.53 Å². The van der Waals surface area contributed by atoms with Crippen LogP contribution in [0.2, 0.25) is 0 Å². The predicted molar refractivity (Wildman–Crippen MR) is 136 cm³/mol. The van der Waals surface area contributed by atoms with Crippen molar-refractivity contribution in [3.8, 4) is 5.75 Å². The van der Waals surface area contributed by atoms with Crippen molar-refractivity contribution in [1.29, 1.82) is 0 Å².